The van der Waals surface area contributed by atoms with E-state index >= 15 is 0 Å². The van der Waals surface area contributed by atoms with Crippen LogP contribution < -0.4 is 4.90 Å². The first kappa shape index (κ1) is 15.8. The second kappa shape index (κ2) is 5.87. The average molecular weight is 320 g/mol. The van der Waals surface area contributed by atoms with E-state index in [0.717, 1.165) is 36.9 Å². The number of rotatable bonds is 3. The summed E-state index contributed by atoms with van der Waals surface area (Å²) in [6.45, 7) is 9.46. The number of thioether (sulfide) groups is 1. The molecule has 5 heteroatoms. The molecular formula is C17H24N2O2S. The highest BCUT2D eigenvalue weighted by atomic mass is 32.2. The predicted octanol–water partition coefficient (Wildman–Crippen LogP) is 2.75. The molecule has 3 rings (SSSR count). The molecule has 0 spiro atoms. The molecule has 2 aliphatic rings. The van der Waals surface area contributed by atoms with Crippen LogP contribution in [0.15, 0.2) is 23.1 Å². The van der Waals surface area contributed by atoms with Crippen molar-refractivity contribution in [3.63, 3.8) is 0 Å². The van der Waals surface area contributed by atoms with Crippen LogP contribution in [0.25, 0.3) is 0 Å². The minimum atomic E-state index is -0.337. The zero-order chi connectivity index (χ0) is 15.9. The summed E-state index contributed by atoms with van der Waals surface area (Å²) in [6.07, 6.45) is 2.18. The molecule has 1 aromatic rings. The van der Waals surface area contributed by atoms with E-state index in [1.165, 1.54) is 5.56 Å². The first-order valence-corrected chi connectivity index (χ1v) is 8.99. The van der Waals surface area contributed by atoms with Gasteiger partial charge in [-0.05, 0) is 44.7 Å². The molecule has 0 radical (unpaired) electrons. The number of nitrogens with zero attached hydrogens (tertiary/aromatic N) is 2. The Morgan fingerprint density at radius 2 is 1.95 bits per heavy atom. The van der Waals surface area contributed by atoms with Crippen molar-refractivity contribution in [2.45, 2.75) is 31.8 Å². The summed E-state index contributed by atoms with van der Waals surface area (Å²) in [5, 5.41) is 0. The van der Waals surface area contributed by atoms with Crippen molar-refractivity contribution in [2.24, 2.45) is 5.41 Å². The van der Waals surface area contributed by atoms with Crippen LogP contribution >= 0.6 is 11.8 Å². The van der Waals surface area contributed by atoms with Gasteiger partial charge in [-0.25, -0.2) is 0 Å². The summed E-state index contributed by atoms with van der Waals surface area (Å²) in [7, 11) is 0. The van der Waals surface area contributed by atoms with Crippen LogP contribution in [0.5, 0.6) is 0 Å². The third-order valence-corrected chi connectivity index (χ3v) is 5.43. The molecule has 0 aromatic heterocycles. The van der Waals surface area contributed by atoms with Gasteiger partial charge in [0, 0.05) is 18.0 Å². The van der Waals surface area contributed by atoms with Crippen LogP contribution in [0.4, 0.5) is 5.69 Å². The number of morpholine rings is 1. The molecule has 22 heavy (non-hydrogen) atoms. The highest BCUT2D eigenvalue weighted by Crippen LogP contribution is 2.46. The van der Waals surface area contributed by atoms with E-state index in [-0.39, 0.29) is 17.5 Å². The maximum atomic E-state index is 12.8. The number of ether oxygens (including phenoxy) is 1. The van der Waals surface area contributed by atoms with E-state index in [9.17, 15) is 4.79 Å². The topological polar surface area (TPSA) is 32.8 Å². The van der Waals surface area contributed by atoms with Gasteiger partial charge < -0.3 is 4.74 Å². The molecule has 1 aromatic carbocycles. The van der Waals surface area contributed by atoms with E-state index in [1.807, 2.05) is 4.90 Å². The zero-order valence-electron chi connectivity index (χ0n) is 13.8. The van der Waals surface area contributed by atoms with Crippen molar-refractivity contribution in [2.75, 3.05) is 37.5 Å². The van der Waals surface area contributed by atoms with Gasteiger partial charge in [-0.1, -0.05) is 6.07 Å². The summed E-state index contributed by atoms with van der Waals surface area (Å²) >= 11 is 1.70. The Balaban J connectivity index is 1.97. The number of hydrogen-bond donors (Lipinski definition) is 0. The fourth-order valence-corrected chi connectivity index (χ4v) is 4.03. The van der Waals surface area contributed by atoms with Crippen LogP contribution in [0.1, 0.15) is 19.4 Å². The summed E-state index contributed by atoms with van der Waals surface area (Å²) in [4.78, 5) is 18.3. The highest BCUT2D eigenvalue weighted by Gasteiger charge is 2.57. The molecular weight excluding hydrogens is 296 g/mol. The fourth-order valence-electron chi connectivity index (χ4n) is 3.46. The van der Waals surface area contributed by atoms with Crippen molar-refractivity contribution < 1.29 is 9.53 Å². The Kier molecular flexibility index (Phi) is 4.23. The van der Waals surface area contributed by atoms with Gasteiger partial charge in [0.1, 0.15) is 6.17 Å². The van der Waals surface area contributed by atoms with Gasteiger partial charge in [-0.3, -0.25) is 14.6 Å². The second-order valence-corrected chi connectivity index (χ2v) is 7.44. The number of anilines is 1. The van der Waals surface area contributed by atoms with Gasteiger partial charge >= 0.3 is 0 Å². The molecule has 0 aliphatic carbocycles. The fraction of sp³-hybridized carbons (Fsp3) is 0.588. The van der Waals surface area contributed by atoms with E-state index in [2.05, 4.69) is 50.1 Å². The Morgan fingerprint density at radius 1 is 1.27 bits per heavy atom. The molecule has 4 nitrogen and oxygen atoms in total. The molecule has 0 bridgehead atoms. The van der Waals surface area contributed by atoms with E-state index in [1.54, 1.807) is 11.8 Å². The third kappa shape index (κ3) is 2.45. The largest absolute Gasteiger partial charge is 0.379 e. The lowest BCUT2D eigenvalue weighted by Gasteiger charge is -2.57. The Labute approximate surface area is 136 Å². The van der Waals surface area contributed by atoms with Crippen molar-refractivity contribution in [3.05, 3.63) is 23.8 Å². The summed E-state index contributed by atoms with van der Waals surface area (Å²) in [6, 6.07) is 6.35. The van der Waals surface area contributed by atoms with E-state index < -0.39 is 0 Å². The number of β-lactam (4-membered cyclic amide) rings is 1. The number of carbonyl (C=O) groups is 1. The third-order valence-electron chi connectivity index (χ3n) is 4.65. The number of hydrogen-bond acceptors (Lipinski definition) is 4. The molecule has 2 heterocycles. The minimum Gasteiger partial charge on any atom is -0.379 e. The molecule has 1 unspecified atom stereocenters. The number of benzene rings is 1. The van der Waals surface area contributed by atoms with Gasteiger partial charge in [0.15, 0.2) is 0 Å². The predicted molar refractivity (Wildman–Crippen MR) is 90.4 cm³/mol. The first-order chi connectivity index (χ1) is 10.5. The highest BCUT2D eigenvalue weighted by molar-refractivity contribution is 7.98. The maximum absolute atomic E-state index is 12.8. The number of amides is 1. The minimum absolute atomic E-state index is 0.122. The average Bonchev–Trinajstić information content (AvgIpc) is 2.52. The molecule has 2 fully saturated rings. The summed E-state index contributed by atoms with van der Waals surface area (Å²) in [5.74, 6) is 0.213. The van der Waals surface area contributed by atoms with Crippen molar-refractivity contribution >= 4 is 23.4 Å². The van der Waals surface area contributed by atoms with Gasteiger partial charge in [0.2, 0.25) is 5.91 Å². The molecule has 120 valence electrons. The zero-order valence-corrected chi connectivity index (χ0v) is 14.6. The van der Waals surface area contributed by atoms with Crippen LogP contribution in [-0.4, -0.2) is 49.5 Å². The van der Waals surface area contributed by atoms with Crippen LogP contribution in [0, 0.1) is 12.3 Å². The lowest BCUT2D eigenvalue weighted by atomic mass is 9.77. The SMILES string of the molecule is CSc1ccc(C)cc1N1C(=O)C(C)(C)C1N1CCOCC1. The van der Waals surface area contributed by atoms with Crippen LogP contribution in [0.2, 0.25) is 0 Å². The normalized spacial score (nSPS) is 25.2. The summed E-state index contributed by atoms with van der Waals surface area (Å²) < 4.78 is 5.47. The van der Waals surface area contributed by atoms with Gasteiger partial charge in [-0.15, -0.1) is 11.8 Å². The monoisotopic (exact) mass is 320 g/mol. The number of carbonyl (C=O) groups excluding carboxylic acids is 1. The quantitative estimate of drug-likeness (QED) is 0.633. The van der Waals surface area contributed by atoms with Crippen LogP contribution in [-0.2, 0) is 9.53 Å². The van der Waals surface area contributed by atoms with E-state index in [0.29, 0.717) is 0 Å². The number of aryl methyl sites for hydroxylation is 1. The van der Waals surface area contributed by atoms with Crippen LogP contribution in [0.3, 0.4) is 0 Å². The molecule has 0 saturated carbocycles. The smallest absolute Gasteiger partial charge is 0.237 e. The van der Waals surface area contributed by atoms with Crippen molar-refractivity contribution in [1.82, 2.24) is 4.90 Å². The lowest BCUT2D eigenvalue weighted by Crippen LogP contribution is -2.74. The molecule has 1 atom stereocenters. The Bertz CT molecular complexity index is 582. The summed E-state index contributed by atoms with van der Waals surface area (Å²) in [5.41, 5.74) is 1.90. The molecule has 2 aliphatic heterocycles. The Morgan fingerprint density at radius 3 is 2.59 bits per heavy atom. The standard InChI is InChI=1S/C17H24N2O2S/c1-12-5-6-14(22-4)13(11-12)19-15(17(2,3)16(19)20)18-7-9-21-10-8-18/h5-6,11,15H,7-10H2,1-4H3. The van der Waals surface area contributed by atoms with Crippen molar-refractivity contribution in [3.8, 4) is 0 Å². The molecule has 1 amide bonds. The van der Waals surface area contributed by atoms with Gasteiger partial charge in [0.25, 0.3) is 0 Å². The van der Waals surface area contributed by atoms with Gasteiger partial charge in [0.05, 0.1) is 24.3 Å². The molecule has 0 N–H and O–H groups in total. The Hall–Kier alpha value is -1.04. The van der Waals surface area contributed by atoms with E-state index in [4.69, 9.17) is 4.74 Å². The van der Waals surface area contributed by atoms with Gasteiger partial charge in [-0.2, -0.15) is 0 Å². The van der Waals surface area contributed by atoms with Crippen molar-refractivity contribution in [1.29, 1.82) is 0 Å². The maximum Gasteiger partial charge on any atom is 0.237 e. The first-order valence-electron chi connectivity index (χ1n) is 7.77. The second-order valence-electron chi connectivity index (χ2n) is 6.59. The molecule has 2 saturated heterocycles. The lowest BCUT2D eigenvalue weighted by molar-refractivity contribution is -0.147.